The van der Waals surface area contributed by atoms with Crippen molar-refractivity contribution in [2.75, 3.05) is 12.1 Å². The van der Waals surface area contributed by atoms with E-state index in [1.54, 1.807) is 24.3 Å². The van der Waals surface area contributed by atoms with Gasteiger partial charge in [0.2, 0.25) is 0 Å². The normalized spacial score (nSPS) is 12.0. The Kier molecular flexibility index (Phi) is 5.20. The van der Waals surface area contributed by atoms with Crippen molar-refractivity contribution in [3.63, 3.8) is 0 Å². The molecule has 0 aliphatic carbocycles. The van der Waals surface area contributed by atoms with Crippen LogP contribution in [-0.2, 0) is 0 Å². The highest BCUT2D eigenvalue weighted by Gasteiger charge is 2.30. The minimum absolute atomic E-state index is 0.277. The van der Waals surface area contributed by atoms with E-state index in [9.17, 15) is 13.2 Å². The second kappa shape index (κ2) is 7.14. The average Bonchev–Trinajstić information content (AvgIpc) is 2.54. The van der Waals surface area contributed by atoms with Crippen molar-refractivity contribution in [3.8, 4) is 11.5 Å². The molecule has 0 saturated heterocycles. The third-order valence-electron chi connectivity index (χ3n) is 3.05. The summed E-state index contributed by atoms with van der Waals surface area (Å²) in [5.74, 6) is 6.22. The van der Waals surface area contributed by atoms with Gasteiger partial charge in [0.05, 0.1) is 18.5 Å². The zero-order valence-corrected chi connectivity index (χ0v) is 12.7. The van der Waals surface area contributed by atoms with Crippen molar-refractivity contribution in [2.45, 2.75) is 6.36 Å². The first-order valence-electron chi connectivity index (χ1n) is 6.80. The van der Waals surface area contributed by atoms with Crippen LogP contribution in [0, 0.1) is 0 Å². The van der Waals surface area contributed by atoms with E-state index in [1.165, 1.54) is 42.6 Å². The second-order valence-electron chi connectivity index (χ2n) is 4.77. The van der Waals surface area contributed by atoms with Crippen LogP contribution in [0.4, 0.5) is 18.9 Å². The first kappa shape index (κ1) is 17.5. The number of hydrogen-bond donors (Lipinski definition) is 2. The number of benzene rings is 2. The van der Waals surface area contributed by atoms with E-state index in [0.717, 1.165) is 0 Å². The molecule has 0 unspecified atom stereocenters. The summed E-state index contributed by atoms with van der Waals surface area (Å²) in [5, 5.41) is 1.29. The second-order valence-corrected chi connectivity index (χ2v) is 4.77. The standard InChI is InChI=1S/C16H16F3N3O2/c1-23-14-4-2-3-12(9-14)22(21)10-15(20)11-5-7-13(8-6-11)24-16(17,18)19/h2-10H,20-21H2,1H3/b15-10-. The molecule has 5 nitrogen and oxygen atoms in total. The van der Waals surface area contributed by atoms with E-state index in [1.807, 2.05) is 0 Å². The highest BCUT2D eigenvalue weighted by molar-refractivity contribution is 5.67. The molecular weight excluding hydrogens is 323 g/mol. The van der Waals surface area contributed by atoms with Gasteiger partial charge in [-0.2, -0.15) is 0 Å². The number of rotatable bonds is 5. The van der Waals surface area contributed by atoms with E-state index < -0.39 is 6.36 Å². The molecule has 8 heteroatoms. The summed E-state index contributed by atoms with van der Waals surface area (Å²) >= 11 is 0. The lowest BCUT2D eigenvalue weighted by Crippen LogP contribution is -2.25. The summed E-state index contributed by atoms with van der Waals surface area (Å²) in [6.45, 7) is 0. The van der Waals surface area contributed by atoms with Crippen molar-refractivity contribution < 1.29 is 22.6 Å². The predicted octanol–water partition coefficient (Wildman–Crippen LogP) is 3.23. The van der Waals surface area contributed by atoms with E-state index in [2.05, 4.69) is 4.74 Å². The minimum atomic E-state index is -4.73. The lowest BCUT2D eigenvalue weighted by atomic mass is 10.1. The maximum Gasteiger partial charge on any atom is 0.573 e. The molecule has 0 aromatic heterocycles. The van der Waals surface area contributed by atoms with E-state index in [0.29, 0.717) is 17.0 Å². The molecule has 0 saturated carbocycles. The van der Waals surface area contributed by atoms with Crippen LogP contribution >= 0.6 is 0 Å². The summed E-state index contributed by atoms with van der Waals surface area (Å²) < 4.78 is 45.3. The Morgan fingerprint density at radius 2 is 1.75 bits per heavy atom. The first-order chi connectivity index (χ1) is 11.3. The summed E-state index contributed by atoms with van der Waals surface area (Å²) in [7, 11) is 1.54. The van der Waals surface area contributed by atoms with Gasteiger partial charge in [-0.05, 0) is 42.0 Å². The number of nitrogens with two attached hydrogens (primary N) is 2. The quantitative estimate of drug-likeness (QED) is 0.646. The lowest BCUT2D eigenvalue weighted by molar-refractivity contribution is -0.274. The third kappa shape index (κ3) is 4.82. The van der Waals surface area contributed by atoms with Crippen LogP contribution < -0.4 is 26.1 Å². The van der Waals surface area contributed by atoms with E-state index >= 15 is 0 Å². The molecule has 0 aliphatic rings. The fourth-order valence-corrected chi connectivity index (χ4v) is 1.92. The SMILES string of the molecule is COc1cccc(N(N)/C=C(\N)c2ccc(OC(F)(F)F)cc2)c1. The number of hydrazine groups is 1. The molecule has 0 bridgehead atoms. The van der Waals surface area contributed by atoms with Gasteiger partial charge in [0, 0.05) is 12.3 Å². The third-order valence-corrected chi connectivity index (χ3v) is 3.05. The Hall–Kier alpha value is -2.87. The molecule has 0 heterocycles. The smallest absolute Gasteiger partial charge is 0.497 e. The Morgan fingerprint density at radius 3 is 2.33 bits per heavy atom. The molecule has 24 heavy (non-hydrogen) atoms. The van der Waals surface area contributed by atoms with Crippen LogP contribution in [0.1, 0.15) is 5.56 Å². The number of hydrogen-bond acceptors (Lipinski definition) is 5. The number of halogens is 3. The number of nitrogens with zero attached hydrogens (tertiary/aromatic N) is 1. The molecule has 0 atom stereocenters. The van der Waals surface area contributed by atoms with Gasteiger partial charge >= 0.3 is 6.36 Å². The topological polar surface area (TPSA) is 73.7 Å². The van der Waals surface area contributed by atoms with Gasteiger partial charge < -0.3 is 15.2 Å². The van der Waals surface area contributed by atoms with Gasteiger partial charge in [0.1, 0.15) is 11.5 Å². The summed E-state index contributed by atoms with van der Waals surface area (Å²) in [6.07, 6.45) is -3.28. The van der Waals surface area contributed by atoms with E-state index in [4.69, 9.17) is 16.3 Å². The molecule has 2 aromatic rings. The number of methoxy groups -OCH3 is 1. The van der Waals surface area contributed by atoms with Crippen molar-refractivity contribution in [2.24, 2.45) is 11.6 Å². The molecule has 2 aromatic carbocycles. The van der Waals surface area contributed by atoms with Crippen LogP contribution in [0.2, 0.25) is 0 Å². The largest absolute Gasteiger partial charge is 0.573 e. The molecule has 4 N–H and O–H groups in total. The predicted molar refractivity (Wildman–Crippen MR) is 84.9 cm³/mol. The van der Waals surface area contributed by atoms with Gasteiger partial charge in [0.15, 0.2) is 0 Å². The monoisotopic (exact) mass is 339 g/mol. The minimum Gasteiger partial charge on any atom is -0.497 e. The van der Waals surface area contributed by atoms with Gasteiger partial charge in [-0.25, -0.2) is 5.84 Å². The van der Waals surface area contributed by atoms with Crippen LogP contribution in [0.5, 0.6) is 11.5 Å². The first-order valence-corrected chi connectivity index (χ1v) is 6.80. The molecular formula is C16H16F3N3O2. The summed E-state index contributed by atoms with van der Waals surface area (Å²) in [4.78, 5) is 0. The number of ether oxygens (including phenoxy) is 2. The fraction of sp³-hybridized carbons (Fsp3) is 0.125. The maximum absolute atomic E-state index is 12.1. The fourth-order valence-electron chi connectivity index (χ4n) is 1.92. The lowest BCUT2D eigenvalue weighted by Gasteiger charge is -2.16. The van der Waals surface area contributed by atoms with Crippen LogP contribution in [-0.4, -0.2) is 13.5 Å². The molecule has 2 rings (SSSR count). The van der Waals surface area contributed by atoms with Gasteiger partial charge in [-0.1, -0.05) is 6.07 Å². The van der Waals surface area contributed by atoms with Gasteiger partial charge in [-0.15, -0.1) is 13.2 Å². The van der Waals surface area contributed by atoms with Gasteiger partial charge in [-0.3, -0.25) is 5.01 Å². The average molecular weight is 339 g/mol. The highest BCUT2D eigenvalue weighted by atomic mass is 19.4. The Labute approximate surface area is 136 Å². The molecule has 0 radical (unpaired) electrons. The Morgan fingerprint density at radius 1 is 1.08 bits per heavy atom. The van der Waals surface area contributed by atoms with Gasteiger partial charge in [0.25, 0.3) is 0 Å². The van der Waals surface area contributed by atoms with Crippen molar-refractivity contribution >= 4 is 11.4 Å². The van der Waals surface area contributed by atoms with Crippen LogP contribution in [0.3, 0.4) is 0 Å². The number of alkyl halides is 3. The van der Waals surface area contributed by atoms with Crippen LogP contribution in [0.25, 0.3) is 5.70 Å². The molecule has 128 valence electrons. The van der Waals surface area contributed by atoms with Crippen LogP contribution in [0.15, 0.2) is 54.7 Å². The highest BCUT2D eigenvalue weighted by Crippen LogP contribution is 2.24. The maximum atomic E-state index is 12.1. The van der Waals surface area contributed by atoms with Crippen molar-refractivity contribution in [3.05, 3.63) is 60.3 Å². The van der Waals surface area contributed by atoms with Crippen molar-refractivity contribution in [1.82, 2.24) is 0 Å². The Balaban J connectivity index is 2.14. The van der Waals surface area contributed by atoms with E-state index in [-0.39, 0.29) is 11.4 Å². The molecule has 0 aliphatic heterocycles. The van der Waals surface area contributed by atoms with Crippen molar-refractivity contribution in [1.29, 1.82) is 0 Å². The zero-order chi connectivity index (χ0) is 17.7. The summed E-state index contributed by atoms with van der Waals surface area (Å²) in [5.41, 5.74) is 7.34. The Bertz CT molecular complexity index is 715. The molecule has 0 spiro atoms. The zero-order valence-electron chi connectivity index (χ0n) is 12.7. The number of anilines is 1. The molecule has 0 fully saturated rings. The summed E-state index contributed by atoms with van der Waals surface area (Å²) in [6, 6.07) is 12.2. The molecule has 0 amide bonds.